The number of carbonyl (C=O) groups is 2. The monoisotopic (exact) mass is 377 g/mol. The minimum Gasteiger partial charge on any atom is -0.457 e. The Balaban J connectivity index is 1.61. The van der Waals surface area contributed by atoms with E-state index in [2.05, 4.69) is 0 Å². The first-order chi connectivity index (χ1) is 12.0. The van der Waals surface area contributed by atoms with Crippen LogP contribution in [-0.4, -0.2) is 29.9 Å². The van der Waals surface area contributed by atoms with E-state index >= 15 is 0 Å². The lowest BCUT2D eigenvalue weighted by atomic mass is 10.1. The molecule has 2 aromatic rings. The highest BCUT2D eigenvalue weighted by molar-refractivity contribution is 6.35. The summed E-state index contributed by atoms with van der Waals surface area (Å²) in [7, 11) is 0. The number of amides is 1. The first-order valence-electron chi connectivity index (χ1n) is 8.05. The van der Waals surface area contributed by atoms with E-state index in [4.69, 9.17) is 27.9 Å². The average Bonchev–Trinajstić information content (AvgIpc) is 3.16. The summed E-state index contributed by atoms with van der Waals surface area (Å²) in [6, 6.07) is 11.7. The van der Waals surface area contributed by atoms with Crippen LogP contribution in [0.2, 0.25) is 10.0 Å². The van der Waals surface area contributed by atoms with Crippen molar-refractivity contribution < 1.29 is 14.3 Å². The smallest absolute Gasteiger partial charge is 0.340 e. The van der Waals surface area contributed by atoms with Crippen molar-refractivity contribution >= 4 is 35.1 Å². The zero-order valence-corrected chi connectivity index (χ0v) is 15.0. The van der Waals surface area contributed by atoms with Crippen LogP contribution < -0.4 is 0 Å². The van der Waals surface area contributed by atoms with Gasteiger partial charge in [0.2, 0.25) is 0 Å². The SMILES string of the molecule is O=C(OCc1ccc(C(=O)N2CCCC2)cc1)c1cc(Cl)ccc1Cl. The maximum Gasteiger partial charge on any atom is 0.340 e. The highest BCUT2D eigenvalue weighted by Gasteiger charge is 2.19. The van der Waals surface area contributed by atoms with Crippen molar-refractivity contribution in [3.05, 3.63) is 69.2 Å². The molecule has 1 fully saturated rings. The molecule has 0 radical (unpaired) electrons. The van der Waals surface area contributed by atoms with Gasteiger partial charge in [-0.05, 0) is 48.7 Å². The van der Waals surface area contributed by atoms with Crippen molar-refractivity contribution in [3.63, 3.8) is 0 Å². The highest BCUT2D eigenvalue weighted by Crippen LogP contribution is 2.22. The maximum atomic E-state index is 12.3. The van der Waals surface area contributed by atoms with Crippen LogP contribution in [-0.2, 0) is 11.3 Å². The van der Waals surface area contributed by atoms with E-state index in [-0.39, 0.29) is 18.1 Å². The molecule has 0 aliphatic carbocycles. The summed E-state index contributed by atoms with van der Waals surface area (Å²) in [5.41, 5.74) is 1.68. The number of rotatable bonds is 4. The Hall–Kier alpha value is -2.04. The van der Waals surface area contributed by atoms with Gasteiger partial charge >= 0.3 is 5.97 Å². The molecule has 1 heterocycles. The van der Waals surface area contributed by atoms with E-state index in [0.717, 1.165) is 31.5 Å². The normalized spacial score (nSPS) is 13.8. The zero-order valence-electron chi connectivity index (χ0n) is 13.5. The molecule has 1 aliphatic rings. The zero-order chi connectivity index (χ0) is 17.8. The molecule has 0 spiro atoms. The van der Waals surface area contributed by atoms with E-state index in [1.54, 1.807) is 36.4 Å². The van der Waals surface area contributed by atoms with Crippen molar-refractivity contribution in [2.24, 2.45) is 0 Å². The number of halogens is 2. The van der Waals surface area contributed by atoms with Gasteiger partial charge in [-0.1, -0.05) is 35.3 Å². The molecule has 2 aromatic carbocycles. The molecule has 0 atom stereocenters. The van der Waals surface area contributed by atoms with Gasteiger partial charge in [0.1, 0.15) is 6.61 Å². The van der Waals surface area contributed by atoms with E-state index in [1.165, 1.54) is 6.07 Å². The van der Waals surface area contributed by atoms with Crippen molar-refractivity contribution in [2.75, 3.05) is 13.1 Å². The van der Waals surface area contributed by atoms with Crippen LogP contribution in [0.15, 0.2) is 42.5 Å². The van der Waals surface area contributed by atoms with Gasteiger partial charge in [0.05, 0.1) is 10.6 Å². The second-order valence-electron chi connectivity index (χ2n) is 5.90. The Kier molecular flexibility index (Phi) is 5.61. The Labute approximate surface area is 156 Å². The third kappa shape index (κ3) is 4.33. The summed E-state index contributed by atoms with van der Waals surface area (Å²) < 4.78 is 5.27. The highest BCUT2D eigenvalue weighted by atomic mass is 35.5. The topological polar surface area (TPSA) is 46.6 Å². The van der Waals surface area contributed by atoms with E-state index in [9.17, 15) is 9.59 Å². The molecule has 4 nitrogen and oxygen atoms in total. The van der Waals surface area contributed by atoms with Gasteiger partial charge < -0.3 is 9.64 Å². The molecule has 130 valence electrons. The molecule has 25 heavy (non-hydrogen) atoms. The third-order valence-electron chi connectivity index (χ3n) is 4.11. The fraction of sp³-hybridized carbons (Fsp3) is 0.263. The standard InChI is InChI=1S/C19H17Cl2NO3/c20-15-7-8-17(21)16(11-15)19(24)25-12-13-3-5-14(6-4-13)18(23)22-9-1-2-10-22/h3-8,11H,1-2,9-10,12H2. The Morgan fingerprint density at radius 1 is 1.00 bits per heavy atom. The number of esters is 1. The number of hydrogen-bond donors (Lipinski definition) is 0. The molecule has 1 amide bonds. The predicted octanol–water partition coefficient (Wildman–Crippen LogP) is 4.59. The number of benzene rings is 2. The summed E-state index contributed by atoms with van der Waals surface area (Å²) in [6.07, 6.45) is 2.12. The van der Waals surface area contributed by atoms with Crippen LogP contribution in [0.1, 0.15) is 39.1 Å². The van der Waals surface area contributed by atoms with E-state index < -0.39 is 5.97 Å². The minimum absolute atomic E-state index is 0.0479. The molecular formula is C19H17Cl2NO3. The fourth-order valence-corrected chi connectivity index (χ4v) is 3.09. The van der Waals surface area contributed by atoms with Crippen LogP contribution in [0.25, 0.3) is 0 Å². The van der Waals surface area contributed by atoms with Crippen LogP contribution in [0.3, 0.4) is 0 Å². The molecule has 0 saturated carbocycles. The quantitative estimate of drug-likeness (QED) is 0.732. The summed E-state index contributed by atoms with van der Waals surface area (Å²) in [5.74, 6) is -0.489. The van der Waals surface area contributed by atoms with Gasteiger partial charge in [-0.2, -0.15) is 0 Å². The third-order valence-corrected chi connectivity index (χ3v) is 4.68. The molecule has 0 N–H and O–H groups in total. The van der Waals surface area contributed by atoms with Crippen LogP contribution in [0, 0.1) is 0 Å². The maximum absolute atomic E-state index is 12.3. The van der Waals surface area contributed by atoms with Gasteiger partial charge in [0, 0.05) is 23.7 Å². The lowest BCUT2D eigenvalue weighted by Gasteiger charge is -2.15. The van der Waals surface area contributed by atoms with Crippen LogP contribution >= 0.6 is 23.2 Å². The Bertz CT molecular complexity index is 784. The van der Waals surface area contributed by atoms with Crippen molar-refractivity contribution in [2.45, 2.75) is 19.4 Å². The summed E-state index contributed by atoms with van der Waals surface area (Å²) in [5, 5.41) is 0.710. The minimum atomic E-state index is -0.537. The molecule has 0 unspecified atom stereocenters. The molecular weight excluding hydrogens is 361 g/mol. The van der Waals surface area contributed by atoms with E-state index in [1.807, 2.05) is 4.90 Å². The summed E-state index contributed by atoms with van der Waals surface area (Å²) >= 11 is 11.9. The largest absolute Gasteiger partial charge is 0.457 e. The first kappa shape index (κ1) is 17.8. The number of hydrogen-bond acceptors (Lipinski definition) is 3. The molecule has 0 bridgehead atoms. The number of nitrogens with zero attached hydrogens (tertiary/aromatic N) is 1. The van der Waals surface area contributed by atoms with E-state index in [0.29, 0.717) is 15.6 Å². The molecule has 3 rings (SSSR count). The van der Waals surface area contributed by atoms with Crippen molar-refractivity contribution in [3.8, 4) is 0 Å². The van der Waals surface area contributed by atoms with Crippen LogP contribution in [0.5, 0.6) is 0 Å². The van der Waals surface area contributed by atoms with Gasteiger partial charge in [-0.3, -0.25) is 4.79 Å². The first-order valence-corrected chi connectivity index (χ1v) is 8.80. The predicted molar refractivity (Wildman–Crippen MR) is 97.2 cm³/mol. The van der Waals surface area contributed by atoms with Gasteiger partial charge in [0.15, 0.2) is 0 Å². The van der Waals surface area contributed by atoms with Crippen molar-refractivity contribution in [1.29, 1.82) is 0 Å². The second kappa shape index (κ2) is 7.89. The lowest BCUT2D eigenvalue weighted by Crippen LogP contribution is -2.27. The van der Waals surface area contributed by atoms with Crippen LogP contribution in [0.4, 0.5) is 0 Å². The lowest BCUT2D eigenvalue weighted by molar-refractivity contribution is 0.0472. The Morgan fingerprint density at radius 3 is 2.36 bits per heavy atom. The molecule has 0 aromatic heterocycles. The number of likely N-dealkylation sites (tertiary alicyclic amines) is 1. The Morgan fingerprint density at radius 2 is 1.68 bits per heavy atom. The van der Waals surface area contributed by atoms with Gasteiger partial charge in [-0.25, -0.2) is 4.79 Å². The second-order valence-corrected chi connectivity index (χ2v) is 6.74. The average molecular weight is 378 g/mol. The molecule has 1 saturated heterocycles. The fourth-order valence-electron chi connectivity index (χ4n) is 2.73. The van der Waals surface area contributed by atoms with Crippen molar-refractivity contribution in [1.82, 2.24) is 4.90 Å². The number of ether oxygens (including phenoxy) is 1. The molecule has 6 heteroatoms. The van der Waals surface area contributed by atoms with Gasteiger partial charge in [0.25, 0.3) is 5.91 Å². The summed E-state index contributed by atoms with van der Waals surface area (Å²) in [4.78, 5) is 26.3. The summed E-state index contributed by atoms with van der Waals surface area (Å²) in [6.45, 7) is 1.73. The van der Waals surface area contributed by atoms with Gasteiger partial charge in [-0.15, -0.1) is 0 Å². The number of carbonyl (C=O) groups excluding carboxylic acids is 2. The molecule has 1 aliphatic heterocycles.